The summed E-state index contributed by atoms with van der Waals surface area (Å²) in [7, 11) is 0. The highest BCUT2D eigenvalue weighted by molar-refractivity contribution is 5.84. The first kappa shape index (κ1) is 22.3. The highest BCUT2D eigenvalue weighted by Crippen LogP contribution is 2.27. The lowest BCUT2D eigenvalue weighted by atomic mass is 9.95. The zero-order valence-corrected chi connectivity index (χ0v) is 18.8. The smallest absolute Gasteiger partial charge is 0.304 e. The molecule has 0 aliphatic carbocycles. The maximum atomic E-state index is 11.1. The number of nitrogens with zero attached hydrogens (tertiary/aromatic N) is 3. The van der Waals surface area contributed by atoms with Gasteiger partial charge < -0.3 is 14.4 Å². The van der Waals surface area contributed by atoms with Crippen LogP contribution in [0.5, 0.6) is 5.75 Å². The molecule has 0 bridgehead atoms. The third-order valence-electron chi connectivity index (χ3n) is 5.75. The van der Waals surface area contributed by atoms with E-state index in [0.29, 0.717) is 13.2 Å². The summed E-state index contributed by atoms with van der Waals surface area (Å²) in [6.07, 6.45) is 9.45. The zero-order chi connectivity index (χ0) is 23.2. The molecule has 0 radical (unpaired) electrons. The van der Waals surface area contributed by atoms with Gasteiger partial charge in [0.05, 0.1) is 18.5 Å². The molecule has 0 saturated heterocycles. The molecule has 0 saturated carbocycles. The predicted molar refractivity (Wildman–Crippen MR) is 128 cm³/mol. The van der Waals surface area contributed by atoms with Crippen molar-refractivity contribution in [1.29, 1.82) is 0 Å². The molecule has 1 N–H and O–H groups in total. The lowest BCUT2D eigenvalue weighted by molar-refractivity contribution is -0.137. The third kappa shape index (κ3) is 5.29. The van der Waals surface area contributed by atoms with Crippen LogP contribution in [0.15, 0.2) is 79.3 Å². The van der Waals surface area contributed by atoms with Crippen LogP contribution in [0.4, 0.5) is 0 Å². The maximum Gasteiger partial charge on any atom is 0.304 e. The first-order valence-electron chi connectivity index (χ1n) is 11.0. The second kappa shape index (κ2) is 10.1. The molecule has 0 unspecified atom stereocenters. The fourth-order valence-corrected chi connectivity index (χ4v) is 4.07. The Hall–Kier alpha value is -3.93. The van der Waals surface area contributed by atoms with E-state index >= 15 is 0 Å². The van der Waals surface area contributed by atoms with Crippen LogP contribution in [0.25, 0.3) is 10.9 Å². The second-order valence-corrected chi connectivity index (χ2v) is 7.98. The van der Waals surface area contributed by atoms with Crippen LogP contribution in [-0.4, -0.2) is 25.6 Å². The lowest BCUT2D eigenvalue weighted by Gasteiger charge is -2.14. The Bertz CT molecular complexity index is 1260. The summed E-state index contributed by atoms with van der Waals surface area (Å²) in [4.78, 5) is 19.8. The van der Waals surface area contributed by atoms with Crippen molar-refractivity contribution in [3.63, 3.8) is 0 Å². The molecule has 0 amide bonds. The summed E-state index contributed by atoms with van der Waals surface area (Å²) in [5.41, 5.74) is 4.39. The Kier molecular flexibility index (Phi) is 6.83. The second-order valence-electron chi connectivity index (χ2n) is 7.98. The van der Waals surface area contributed by atoms with Crippen molar-refractivity contribution >= 4 is 16.9 Å². The molecule has 4 aromatic rings. The number of aryl methyl sites for hydroxylation is 1. The minimum absolute atomic E-state index is 0.0669. The monoisotopic (exact) mass is 441 g/mol. The van der Waals surface area contributed by atoms with Gasteiger partial charge in [0.15, 0.2) is 0 Å². The van der Waals surface area contributed by atoms with E-state index in [0.717, 1.165) is 28.2 Å². The van der Waals surface area contributed by atoms with Gasteiger partial charge in [0.25, 0.3) is 0 Å². The van der Waals surface area contributed by atoms with Gasteiger partial charge in [0, 0.05) is 24.5 Å². The molecule has 1 atom stereocenters. The van der Waals surface area contributed by atoms with Crippen molar-refractivity contribution in [2.75, 3.05) is 0 Å². The van der Waals surface area contributed by atoms with Crippen molar-refractivity contribution in [3.8, 4) is 5.75 Å². The molecule has 0 spiro atoms. The van der Waals surface area contributed by atoms with Gasteiger partial charge in [-0.15, -0.1) is 0 Å². The van der Waals surface area contributed by atoms with Crippen molar-refractivity contribution < 1.29 is 14.6 Å². The van der Waals surface area contributed by atoms with Crippen LogP contribution >= 0.6 is 0 Å². The molecule has 33 heavy (non-hydrogen) atoms. The highest BCUT2D eigenvalue weighted by atomic mass is 16.5. The van der Waals surface area contributed by atoms with Crippen LogP contribution in [0.2, 0.25) is 0 Å². The van der Waals surface area contributed by atoms with E-state index in [9.17, 15) is 4.79 Å². The van der Waals surface area contributed by atoms with E-state index in [2.05, 4.69) is 45.9 Å². The molecule has 4 rings (SSSR count). The van der Waals surface area contributed by atoms with E-state index in [1.54, 1.807) is 12.4 Å². The summed E-state index contributed by atoms with van der Waals surface area (Å²) >= 11 is 0. The Balaban J connectivity index is 1.49. The van der Waals surface area contributed by atoms with Gasteiger partial charge in [-0.3, -0.25) is 4.79 Å². The minimum Gasteiger partial charge on any atom is -0.489 e. The topological polar surface area (TPSA) is 77.2 Å². The number of aliphatic carboxylic acids is 1. The van der Waals surface area contributed by atoms with E-state index in [1.807, 2.05) is 49.4 Å². The average Bonchev–Trinajstić information content (AvgIpc) is 3.22. The largest absolute Gasteiger partial charge is 0.489 e. The number of hydrogen-bond donors (Lipinski definition) is 1. The zero-order valence-electron chi connectivity index (χ0n) is 18.8. The summed E-state index contributed by atoms with van der Waals surface area (Å²) in [5.74, 6) is 0.566. The van der Waals surface area contributed by atoms with E-state index in [1.165, 1.54) is 10.9 Å². The number of rotatable bonds is 9. The van der Waals surface area contributed by atoms with Crippen molar-refractivity contribution in [2.45, 2.75) is 39.3 Å². The number of fused-ring (bicyclic) bond motifs is 1. The van der Waals surface area contributed by atoms with Crippen molar-refractivity contribution in [1.82, 2.24) is 14.5 Å². The minimum atomic E-state index is -0.812. The molecule has 2 aromatic heterocycles. The summed E-state index contributed by atoms with van der Waals surface area (Å²) in [5, 5.41) is 10.3. The molecular weight excluding hydrogens is 414 g/mol. The quantitative estimate of drug-likeness (QED) is 0.347. The summed E-state index contributed by atoms with van der Waals surface area (Å²) in [6, 6.07) is 15.8. The van der Waals surface area contributed by atoms with Gasteiger partial charge in [-0.25, -0.2) is 9.97 Å². The standard InChI is InChI=1S/C27H27N3O3/c1-3-5-22(16-26(31)32)20-8-10-24(11-9-20)33-18-23-7-6-21-12-15-30(27(21)19(23)2)17-25-28-13-4-14-29-25/h3-15,22H,16-18H2,1-2H3,(H,31,32)/t22-/m1/s1. The summed E-state index contributed by atoms with van der Waals surface area (Å²) in [6.45, 7) is 5.07. The highest BCUT2D eigenvalue weighted by Gasteiger charge is 2.13. The molecular formula is C27H27N3O3. The van der Waals surface area contributed by atoms with Gasteiger partial charge in [-0.05, 0) is 60.2 Å². The molecule has 6 heteroatoms. The number of carboxylic acid groups (broad SMARTS) is 1. The van der Waals surface area contributed by atoms with Crippen LogP contribution < -0.4 is 4.74 Å². The molecule has 2 aromatic carbocycles. The fraction of sp³-hybridized carbons (Fsp3) is 0.222. The Morgan fingerprint density at radius 1 is 1.12 bits per heavy atom. The Labute approximate surface area is 193 Å². The normalized spacial score (nSPS) is 12.3. The maximum absolute atomic E-state index is 11.1. The number of ether oxygens (including phenoxy) is 1. The van der Waals surface area contributed by atoms with Gasteiger partial charge in [0.1, 0.15) is 18.2 Å². The van der Waals surface area contributed by atoms with Gasteiger partial charge in [0.2, 0.25) is 0 Å². The molecule has 0 aliphatic heterocycles. The molecule has 2 heterocycles. The van der Waals surface area contributed by atoms with Crippen molar-refractivity contribution in [3.05, 3.63) is 102 Å². The average molecular weight is 442 g/mol. The fourth-order valence-electron chi connectivity index (χ4n) is 4.07. The number of hydrogen-bond acceptors (Lipinski definition) is 4. The van der Waals surface area contributed by atoms with Crippen LogP contribution in [0, 0.1) is 6.92 Å². The molecule has 6 nitrogen and oxygen atoms in total. The van der Waals surface area contributed by atoms with E-state index in [4.69, 9.17) is 9.84 Å². The van der Waals surface area contributed by atoms with Crippen molar-refractivity contribution in [2.24, 2.45) is 0 Å². The number of benzene rings is 2. The van der Waals surface area contributed by atoms with Gasteiger partial charge >= 0.3 is 5.97 Å². The first-order valence-corrected chi connectivity index (χ1v) is 11.0. The number of carbonyl (C=O) groups is 1. The number of aromatic nitrogens is 3. The van der Waals surface area contributed by atoms with E-state index < -0.39 is 5.97 Å². The van der Waals surface area contributed by atoms with Crippen LogP contribution in [0.1, 0.15) is 41.8 Å². The Morgan fingerprint density at radius 2 is 1.88 bits per heavy atom. The van der Waals surface area contributed by atoms with E-state index in [-0.39, 0.29) is 12.3 Å². The van der Waals surface area contributed by atoms with Gasteiger partial charge in [-0.2, -0.15) is 0 Å². The Morgan fingerprint density at radius 3 is 2.58 bits per heavy atom. The number of allylic oxidation sites excluding steroid dienone is 2. The molecule has 168 valence electrons. The van der Waals surface area contributed by atoms with Crippen LogP contribution in [0.3, 0.4) is 0 Å². The lowest BCUT2D eigenvalue weighted by Crippen LogP contribution is -2.05. The van der Waals surface area contributed by atoms with Gasteiger partial charge in [-0.1, -0.05) is 36.4 Å². The predicted octanol–water partition coefficient (Wildman–Crippen LogP) is 5.50. The molecule has 0 aliphatic rings. The first-order chi connectivity index (χ1) is 16.0. The SMILES string of the molecule is CC=C[C@H](CC(=O)O)c1ccc(OCc2ccc3ccn(Cc4ncccn4)c3c2C)cc1. The third-order valence-corrected chi connectivity index (χ3v) is 5.75. The number of carboxylic acids is 1. The summed E-state index contributed by atoms with van der Waals surface area (Å²) < 4.78 is 8.23. The van der Waals surface area contributed by atoms with Crippen LogP contribution in [-0.2, 0) is 17.9 Å². The molecule has 0 fully saturated rings.